The van der Waals surface area contributed by atoms with Crippen molar-refractivity contribution in [3.8, 4) is 5.75 Å². The van der Waals surface area contributed by atoms with Crippen LogP contribution >= 0.6 is 0 Å². The number of halogens is 1. The van der Waals surface area contributed by atoms with E-state index in [2.05, 4.69) is 14.9 Å². The maximum Gasteiger partial charge on any atom is 0.317 e. The van der Waals surface area contributed by atoms with Gasteiger partial charge in [-0.3, -0.25) is 0 Å². The number of fused-ring (bicyclic) bond motifs is 1. The van der Waals surface area contributed by atoms with Crippen LogP contribution in [0, 0.1) is 5.82 Å². The van der Waals surface area contributed by atoms with E-state index < -0.39 is 5.82 Å². The van der Waals surface area contributed by atoms with Crippen LogP contribution in [0.15, 0.2) is 48.8 Å². The van der Waals surface area contributed by atoms with Crippen LogP contribution in [0.25, 0.3) is 11.0 Å². The molecule has 7 heteroatoms. The van der Waals surface area contributed by atoms with Gasteiger partial charge < -0.3 is 19.5 Å². The van der Waals surface area contributed by atoms with Crippen molar-refractivity contribution in [3.63, 3.8) is 0 Å². The molecule has 0 radical (unpaired) electrons. The first-order chi connectivity index (χ1) is 13.1. The molecule has 0 saturated heterocycles. The third-order valence-electron chi connectivity index (χ3n) is 4.36. The Morgan fingerprint density at radius 2 is 2.11 bits per heavy atom. The minimum Gasteiger partial charge on any atom is -0.494 e. The van der Waals surface area contributed by atoms with Crippen molar-refractivity contribution in [3.05, 3.63) is 60.2 Å². The second kappa shape index (κ2) is 8.53. The largest absolute Gasteiger partial charge is 0.494 e. The lowest BCUT2D eigenvalue weighted by atomic mass is 10.2. The number of hydrogen-bond donors (Lipinski definition) is 1. The topological polar surface area (TPSA) is 59.4 Å². The number of para-hydroxylation sites is 2. The van der Waals surface area contributed by atoms with E-state index in [9.17, 15) is 9.18 Å². The molecule has 3 aromatic rings. The van der Waals surface area contributed by atoms with Crippen LogP contribution in [-0.4, -0.2) is 41.2 Å². The predicted molar refractivity (Wildman–Crippen MR) is 102 cm³/mol. The number of nitrogens with one attached hydrogen (secondary N) is 1. The van der Waals surface area contributed by atoms with Gasteiger partial charge in [0, 0.05) is 26.7 Å². The SMILES string of the molecule is COc1ccc(CN(C)C(=O)NCCCn2cnc3ccccc32)cc1F. The third-order valence-corrected chi connectivity index (χ3v) is 4.36. The summed E-state index contributed by atoms with van der Waals surface area (Å²) in [7, 11) is 3.10. The van der Waals surface area contributed by atoms with E-state index in [0.29, 0.717) is 18.7 Å². The Kier molecular flexibility index (Phi) is 5.90. The number of carbonyl (C=O) groups is 1. The smallest absolute Gasteiger partial charge is 0.317 e. The Morgan fingerprint density at radius 1 is 1.30 bits per heavy atom. The molecule has 142 valence electrons. The number of rotatable bonds is 7. The first-order valence-corrected chi connectivity index (χ1v) is 8.79. The number of imidazole rings is 1. The second-order valence-corrected chi connectivity index (χ2v) is 6.34. The molecule has 2 aromatic carbocycles. The molecule has 27 heavy (non-hydrogen) atoms. The number of amides is 2. The van der Waals surface area contributed by atoms with Gasteiger partial charge in [0.1, 0.15) is 0 Å². The number of ether oxygens (including phenoxy) is 1. The molecular weight excluding hydrogens is 347 g/mol. The summed E-state index contributed by atoms with van der Waals surface area (Å²) in [5, 5.41) is 2.89. The summed E-state index contributed by atoms with van der Waals surface area (Å²) in [6, 6.07) is 12.5. The Morgan fingerprint density at radius 3 is 2.89 bits per heavy atom. The van der Waals surface area contributed by atoms with E-state index in [1.54, 1.807) is 19.2 Å². The summed E-state index contributed by atoms with van der Waals surface area (Å²) in [4.78, 5) is 18.1. The fourth-order valence-corrected chi connectivity index (χ4v) is 2.92. The summed E-state index contributed by atoms with van der Waals surface area (Å²) in [5.74, 6) is -0.241. The normalized spacial score (nSPS) is 10.8. The summed E-state index contributed by atoms with van der Waals surface area (Å²) in [6.45, 7) is 1.64. The number of aromatic nitrogens is 2. The molecule has 0 aliphatic carbocycles. The molecule has 0 spiro atoms. The van der Waals surface area contributed by atoms with E-state index in [1.807, 2.05) is 30.6 Å². The molecule has 0 saturated carbocycles. The van der Waals surface area contributed by atoms with E-state index in [4.69, 9.17) is 4.74 Å². The lowest BCUT2D eigenvalue weighted by Gasteiger charge is -2.18. The molecule has 0 atom stereocenters. The van der Waals surface area contributed by atoms with Crippen LogP contribution in [0.3, 0.4) is 0 Å². The second-order valence-electron chi connectivity index (χ2n) is 6.34. The molecule has 0 aliphatic heterocycles. The van der Waals surface area contributed by atoms with Crippen LogP contribution in [0.1, 0.15) is 12.0 Å². The van der Waals surface area contributed by atoms with Gasteiger partial charge in [-0.15, -0.1) is 0 Å². The monoisotopic (exact) mass is 370 g/mol. The molecule has 0 bridgehead atoms. The number of benzene rings is 2. The van der Waals surface area contributed by atoms with E-state index in [1.165, 1.54) is 18.1 Å². The highest BCUT2D eigenvalue weighted by Gasteiger charge is 2.10. The van der Waals surface area contributed by atoms with Crippen molar-refractivity contribution in [2.75, 3.05) is 20.7 Å². The van der Waals surface area contributed by atoms with Crippen molar-refractivity contribution in [1.29, 1.82) is 0 Å². The molecule has 0 unspecified atom stereocenters. The number of carbonyl (C=O) groups excluding carboxylic acids is 1. The zero-order valence-electron chi connectivity index (χ0n) is 15.5. The predicted octanol–water partition coefficient (Wildman–Crippen LogP) is 3.42. The summed E-state index contributed by atoms with van der Waals surface area (Å²) in [6.07, 6.45) is 2.61. The first-order valence-electron chi connectivity index (χ1n) is 8.79. The molecule has 6 nitrogen and oxygen atoms in total. The molecular formula is C20H23FN4O2. The summed E-state index contributed by atoms with van der Waals surface area (Å²) >= 11 is 0. The summed E-state index contributed by atoms with van der Waals surface area (Å²) in [5.41, 5.74) is 2.76. The fraction of sp³-hybridized carbons (Fsp3) is 0.300. The van der Waals surface area contributed by atoms with E-state index >= 15 is 0 Å². The lowest BCUT2D eigenvalue weighted by molar-refractivity contribution is 0.206. The average molecular weight is 370 g/mol. The number of nitrogens with zero attached hydrogens (tertiary/aromatic N) is 3. The van der Waals surface area contributed by atoms with Crippen molar-refractivity contribution >= 4 is 17.1 Å². The minimum absolute atomic E-state index is 0.192. The van der Waals surface area contributed by atoms with Gasteiger partial charge in [0.15, 0.2) is 11.6 Å². The third kappa shape index (κ3) is 4.55. The number of methoxy groups -OCH3 is 1. The Hall–Kier alpha value is -3.09. The van der Waals surface area contributed by atoms with Gasteiger partial charge in [0.2, 0.25) is 0 Å². The van der Waals surface area contributed by atoms with Crippen LogP contribution in [0.2, 0.25) is 0 Å². The average Bonchev–Trinajstić information content (AvgIpc) is 3.08. The van der Waals surface area contributed by atoms with Crippen LogP contribution in [0.4, 0.5) is 9.18 Å². The fourth-order valence-electron chi connectivity index (χ4n) is 2.92. The quantitative estimate of drug-likeness (QED) is 0.649. The van der Waals surface area contributed by atoms with Crippen molar-refractivity contribution in [2.45, 2.75) is 19.5 Å². The molecule has 2 amide bonds. The number of hydrogen-bond acceptors (Lipinski definition) is 3. The Bertz CT molecular complexity index is 925. The number of urea groups is 1. The lowest BCUT2D eigenvalue weighted by Crippen LogP contribution is -2.37. The molecule has 0 fully saturated rings. The molecule has 1 aromatic heterocycles. The zero-order valence-corrected chi connectivity index (χ0v) is 15.5. The molecule has 3 rings (SSSR count). The maximum absolute atomic E-state index is 13.7. The highest BCUT2D eigenvalue weighted by Crippen LogP contribution is 2.18. The highest BCUT2D eigenvalue weighted by molar-refractivity contribution is 5.75. The Balaban J connectivity index is 1.45. The van der Waals surface area contributed by atoms with Gasteiger partial charge in [0.05, 0.1) is 24.5 Å². The first kappa shape index (κ1) is 18.7. The minimum atomic E-state index is -0.434. The van der Waals surface area contributed by atoms with Crippen LogP contribution in [-0.2, 0) is 13.1 Å². The maximum atomic E-state index is 13.7. The highest BCUT2D eigenvalue weighted by atomic mass is 19.1. The van der Waals surface area contributed by atoms with Gasteiger partial charge in [0.25, 0.3) is 0 Å². The standard InChI is InChI=1S/C20H23FN4O2/c1-24(13-15-8-9-19(27-2)16(21)12-15)20(26)22-10-5-11-25-14-23-17-6-3-4-7-18(17)25/h3-4,6-9,12,14H,5,10-11,13H2,1-2H3,(H,22,26). The number of aryl methyl sites for hydroxylation is 1. The van der Waals surface area contributed by atoms with Crippen LogP contribution in [0.5, 0.6) is 5.75 Å². The summed E-state index contributed by atoms with van der Waals surface area (Å²) < 4.78 is 20.7. The van der Waals surface area contributed by atoms with Crippen LogP contribution < -0.4 is 10.1 Å². The van der Waals surface area contributed by atoms with Crippen molar-refractivity contribution in [1.82, 2.24) is 19.8 Å². The van der Waals surface area contributed by atoms with Gasteiger partial charge >= 0.3 is 6.03 Å². The van der Waals surface area contributed by atoms with Gasteiger partial charge in [-0.2, -0.15) is 0 Å². The van der Waals surface area contributed by atoms with Crippen molar-refractivity contribution < 1.29 is 13.9 Å². The Labute approximate surface area is 157 Å². The van der Waals surface area contributed by atoms with Gasteiger partial charge in [-0.05, 0) is 36.2 Å². The molecule has 0 aliphatic rings. The van der Waals surface area contributed by atoms with Gasteiger partial charge in [-0.25, -0.2) is 14.2 Å². The molecule has 1 heterocycles. The van der Waals surface area contributed by atoms with Gasteiger partial charge in [-0.1, -0.05) is 18.2 Å². The van der Waals surface area contributed by atoms with Crippen molar-refractivity contribution in [2.24, 2.45) is 0 Å². The van der Waals surface area contributed by atoms with E-state index in [-0.39, 0.29) is 11.8 Å². The van der Waals surface area contributed by atoms with E-state index in [0.717, 1.165) is 24.0 Å². The molecule has 1 N–H and O–H groups in total. The zero-order chi connectivity index (χ0) is 19.2.